The van der Waals surface area contributed by atoms with Gasteiger partial charge in [-0.15, -0.1) is 0 Å². The van der Waals surface area contributed by atoms with Crippen LogP contribution in [0.25, 0.3) is 0 Å². The SMILES string of the molecule is CCN(CC)c1ccc(NC(=O)CCCN2C(=O)c3cccnc3Sc3ccccc32)c(C)c1. The molecule has 34 heavy (non-hydrogen) atoms. The monoisotopic (exact) mass is 474 g/mol. The van der Waals surface area contributed by atoms with Crippen LogP contribution in [0.5, 0.6) is 0 Å². The number of hydrogen-bond donors (Lipinski definition) is 1. The van der Waals surface area contributed by atoms with Gasteiger partial charge in [0, 0.05) is 48.5 Å². The van der Waals surface area contributed by atoms with Crippen LogP contribution >= 0.6 is 11.8 Å². The Morgan fingerprint density at radius 1 is 1.09 bits per heavy atom. The van der Waals surface area contributed by atoms with E-state index < -0.39 is 0 Å². The molecular formula is C27H30N4O2S. The van der Waals surface area contributed by atoms with Crippen LogP contribution in [0, 0.1) is 6.92 Å². The standard InChI is InChI=1S/C27H30N4O2S/c1-4-30(5-2)20-14-15-22(19(3)18-20)29-25(32)13-9-17-31-23-11-6-7-12-24(23)34-26-21(27(31)33)10-8-16-28-26/h6-8,10-12,14-16,18H,4-5,9,13,17H2,1-3H3,(H,29,32). The van der Waals surface area contributed by atoms with E-state index >= 15 is 0 Å². The van der Waals surface area contributed by atoms with Gasteiger partial charge in [-0.2, -0.15) is 0 Å². The average Bonchev–Trinajstić information content (AvgIpc) is 2.96. The highest BCUT2D eigenvalue weighted by Gasteiger charge is 2.27. The lowest BCUT2D eigenvalue weighted by atomic mass is 10.1. The molecule has 0 unspecified atom stereocenters. The van der Waals surface area contributed by atoms with E-state index in [0.717, 1.165) is 40.6 Å². The number of nitrogens with one attached hydrogen (secondary N) is 1. The number of aromatic nitrogens is 1. The Kier molecular flexibility index (Phi) is 7.53. The molecule has 1 aliphatic rings. The highest BCUT2D eigenvalue weighted by Crippen LogP contribution is 2.40. The van der Waals surface area contributed by atoms with E-state index in [4.69, 9.17) is 0 Å². The van der Waals surface area contributed by atoms with Crippen LogP contribution in [0.1, 0.15) is 42.6 Å². The minimum absolute atomic E-state index is 0.0503. The molecular weight excluding hydrogens is 444 g/mol. The molecule has 6 nitrogen and oxygen atoms in total. The highest BCUT2D eigenvalue weighted by atomic mass is 32.2. The van der Waals surface area contributed by atoms with Gasteiger partial charge in [-0.1, -0.05) is 23.9 Å². The number of fused-ring (bicyclic) bond motifs is 2. The minimum Gasteiger partial charge on any atom is -0.372 e. The van der Waals surface area contributed by atoms with Gasteiger partial charge in [-0.3, -0.25) is 9.59 Å². The molecule has 176 valence electrons. The number of anilines is 3. The first kappa shape index (κ1) is 23.8. The maximum Gasteiger partial charge on any atom is 0.261 e. The van der Waals surface area contributed by atoms with Crippen molar-refractivity contribution in [2.24, 2.45) is 0 Å². The number of pyridine rings is 1. The molecule has 0 aliphatic carbocycles. The summed E-state index contributed by atoms with van der Waals surface area (Å²) in [6.45, 7) is 8.63. The maximum absolute atomic E-state index is 13.3. The molecule has 1 aromatic heterocycles. The molecule has 0 atom stereocenters. The fourth-order valence-electron chi connectivity index (χ4n) is 4.17. The van der Waals surface area contributed by atoms with E-state index in [1.165, 1.54) is 11.8 Å². The predicted octanol–water partition coefficient (Wildman–Crippen LogP) is 5.77. The summed E-state index contributed by atoms with van der Waals surface area (Å²) in [5.41, 5.74) is 4.48. The number of hydrogen-bond acceptors (Lipinski definition) is 5. The van der Waals surface area contributed by atoms with Gasteiger partial charge >= 0.3 is 0 Å². The molecule has 2 aromatic carbocycles. The Hall–Kier alpha value is -3.32. The number of aryl methyl sites for hydroxylation is 1. The summed E-state index contributed by atoms with van der Waals surface area (Å²) in [4.78, 5) is 35.4. The third-order valence-electron chi connectivity index (χ3n) is 6.01. The van der Waals surface area contributed by atoms with E-state index in [0.29, 0.717) is 30.0 Å². The molecule has 3 aromatic rings. The largest absolute Gasteiger partial charge is 0.372 e. The molecule has 2 amide bonds. The summed E-state index contributed by atoms with van der Waals surface area (Å²) in [6.07, 6.45) is 2.59. The van der Waals surface area contributed by atoms with Crippen molar-refractivity contribution in [2.75, 3.05) is 34.8 Å². The number of benzene rings is 2. The summed E-state index contributed by atoms with van der Waals surface area (Å²) in [6, 6.07) is 17.6. The molecule has 4 rings (SSSR count). The van der Waals surface area contributed by atoms with Gasteiger partial charge in [0.15, 0.2) is 0 Å². The van der Waals surface area contributed by atoms with Crippen LogP contribution in [0.4, 0.5) is 17.1 Å². The second-order valence-electron chi connectivity index (χ2n) is 8.21. The predicted molar refractivity (Wildman–Crippen MR) is 139 cm³/mol. The summed E-state index contributed by atoms with van der Waals surface area (Å²) in [5, 5.41) is 3.75. The number of nitrogens with zero attached hydrogens (tertiary/aromatic N) is 3. The quantitative estimate of drug-likeness (QED) is 0.449. The fourth-order valence-corrected chi connectivity index (χ4v) is 5.18. The van der Waals surface area contributed by atoms with Gasteiger partial charge in [-0.25, -0.2) is 4.98 Å². The Bertz CT molecular complexity index is 1190. The normalized spacial score (nSPS) is 12.6. The second-order valence-corrected chi connectivity index (χ2v) is 9.24. The van der Waals surface area contributed by atoms with Crippen molar-refractivity contribution in [1.82, 2.24) is 4.98 Å². The summed E-state index contributed by atoms with van der Waals surface area (Å²) >= 11 is 1.50. The smallest absolute Gasteiger partial charge is 0.261 e. The van der Waals surface area contributed by atoms with Gasteiger partial charge in [-0.05, 0) is 75.2 Å². The van der Waals surface area contributed by atoms with Gasteiger partial charge < -0.3 is 15.1 Å². The van der Waals surface area contributed by atoms with Gasteiger partial charge in [0.05, 0.1) is 11.3 Å². The zero-order valence-corrected chi connectivity index (χ0v) is 20.7. The highest BCUT2D eigenvalue weighted by molar-refractivity contribution is 7.99. The third kappa shape index (κ3) is 5.09. The molecule has 0 saturated carbocycles. The molecule has 1 N–H and O–H groups in total. The number of carbonyl (C=O) groups is 2. The lowest BCUT2D eigenvalue weighted by Gasteiger charge is -2.23. The molecule has 1 aliphatic heterocycles. The summed E-state index contributed by atoms with van der Waals surface area (Å²) in [5.74, 6) is -0.130. The van der Waals surface area contributed by atoms with Crippen LogP contribution in [-0.2, 0) is 4.79 Å². The number of amides is 2. The third-order valence-corrected chi connectivity index (χ3v) is 7.09. The lowest BCUT2D eigenvalue weighted by Crippen LogP contribution is -2.32. The zero-order valence-electron chi connectivity index (χ0n) is 19.9. The number of rotatable bonds is 8. The number of para-hydroxylation sites is 1. The molecule has 7 heteroatoms. The average molecular weight is 475 g/mol. The van der Waals surface area contributed by atoms with Crippen molar-refractivity contribution in [2.45, 2.75) is 43.5 Å². The summed E-state index contributed by atoms with van der Waals surface area (Å²) < 4.78 is 0. The van der Waals surface area contributed by atoms with E-state index in [1.807, 2.05) is 49.4 Å². The van der Waals surface area contributed by atoms with Crippen LogP contribution in [0.15, 0.2) is 70.7 Å². The Balaban J connectivity index is 1.42. The van der Waals surface area contributed by atoms with E-state index in [1.54, 1.807) is 17.2 Å². The Labute approximate surface area is 205 Å². The van der Waals surface area contributed by atoms with Crippen molar-refractivity contribution in [3.8, 4) is 0 Å². The molecule has 0 spiro atoms. The van der Waals surface area contributed by atoms with Crippen LogP contribution in [0.3, 0.4) is 0 Å². The van der Waals surface area contributed by atoms with Crippen molar-refractivity contribution in [3.63, 3.8) is 0 Å². The second kappa shape index (κ2) is 10.7. The maximum atomic E-state index is 13.3. The first-order valence-corrected chi connectivity index (χ1v) is 12.5. The van der Waals surface area contributed by atoms with Gasteiger partial charge in [0.1, 0.15) is 5.03 Å². The van der Waals surface area contributed by atoms with E-state index in [9.17, 15) is 9.59 Å². The lowest BCUT2D eigenvalue weighted by molar-refractivity contribution is -0.116. The van der Waals surface area contributed by atoms with Gasteiger partial charge in [0.25, 0.3) is 5.91 Å². The first-order valence-electron chi connectivity index (χ1n) is 11.7. The van der Waals surface area contributed by atoms with Crippen molar-refractivity contribution >= 4 is 40.6 Å². The van der Waals surface area contributed by atoms with Crippen LogP contribution in [-0.4, -0.2) is 36.4 Å². The van der Waals surface area contributed by atoms with Crippen molar-refractivity contribution in [3.05, 3.63) is 71.9 Å². The Morgan fingerprint density at radius 3 is 2.65 bits per heavy atom. The van der Waals surface area contributed by atoms with Crippen LogP contribution < -0.4 is 15.1 Å². The van der Waals surface area contributed by atoms with E-state index in [-0.39, 0.29) is 11.8 Å². The number of carbonyl (C=O) groups excluding carboxylic acids is 2. The van der Waals surface area contributed by atoms with Crippen LogP contribution in [0.2, 0.25) is 0 Å². The minimum atomic E-state index is -0.0798. The van der Waals surface area contributed by atoms with Crippen molar-refractivity contribution < 1.29 is 9.59 Å². The summed E-state index contributed by atoms with van der Waals surface area (Å²) in [7, 11) is 0. The molecule has 0 radical (unpaired) electrons. The Morgan fingerprint density at radius 2 is 1.88 bits per heavy atom. The topological polar surface area (TPSA) is 65.5 Å². The first-order chi connectivity index (χ1) is 16.5. The van der Waals surface area contributed by atoms with Gasteiger partial charge in [0.2, 0.25) is 5.91 Å². The fraction of sp³-hybridized carbons (Fsp3) is 0.296. The molecule has 0 bridgehead atoms. The molecule has 0 fully saturated rings. The van der Waals surface area contributed by atoms with E-state index in [2.05, 4.69) is 35.1 Å². The molecule has 2 heterocycles. The molecule has 0 saturated heterocycles. The zero-order chi connectivity index (χ0) is 24.1. The van der Waals surface area contributed by atoms with Crippen molar-refractivity contribution in [1.29, 1.82) is 0 Å².